The Labute approximate surface area is 87.8 Å². The fourth-order valence-corrected chi connectivity index (χ4v) is 2.50. The zero-order valence-corrected chi connectivity index (χ0v) is 8.94. The number of nitrogen functional groups attached to an aromatic ring is 1. The fraction of sp³-hybridized carbons (Fsp3) is 0.125. The molecule has 0 bridgehead atoms. The van der Waals surface area contributed by atoms with Gasteiger partial charge in [0.2, 0.25) is 0 Å². The highest BCUT2D eigenvalue weighted by Crippen LogP contribution is 2.13. The van der Waals surface area contributed by atoms with E-state index < -0.39 is 9.84 Å². The number of nitrogens with two attached hydrogens (primary N) is 2. The summed E-state index contributed by atoms with van der Waals surface area (Å²) in [5.74, 6) is -0.313. The first-order chi connectivity index (χ1) is 6.42. The van der Waals surface area contributed by atoms with Gasteiger partial charge in [-0.1, -0.05) is 12.2 Å². The van der Waals surface area contributed by atoms with Crippen molar-refractivity contribution in [2.45, 2.75) is 4.90 Å². The standard InChI is InChI=1S/C8H10N2O2S2/c9-6-1-3-7(4-2-6)14(11,12)5-8(10)13/h1-4H,5,9H2,(H2,10,13). The molecule has 4 nitrogen and oxygen atoms in total. The van der Waals surface area contributed by atoms with Gasteiger partial charge >= 0.3 is 0 Å². The molecule has 0 saturated carbocycles. The molecule has 76 valence electrons. The minimum atomic E-state index is -3.40. The van der Waals surface area contributed by atoms with Gasteiger partial charge < -0.3 is 11.5 Å². The van der Waals surface area contributed by atoms with Crippen LogP contribution in [-0.2, 0) is 9.84 Å². The van der Waals surface area contributed by atoms with Gasteiger partial charge in [0.15, 0.2) is 9.84 Å². The van der Waals surface area contributed by atoms with Crippen molar-refractivity contribution in [3.63, 3.8) is 0 Å². The van der Waals surface area contributed by atoms with Crippen LogP contribution in [0.5, 0.6) is 0 Å². The third-order valence-corrected chi connectivity index (χ3v) is 3.58. The zero-order valence-electron chi connectivity index (χ0n) is 7.30. The van der Waals surface area contributed by atoms with Gasteiger partial charge in [-0.2, -0.15) is 0 Å². The number of sulfone groups is 1. The SMILES string of the molecule is NC(=S)CS(=O)(=O)c1ccc(N)cc1. The number of thiocarbonyl (C=S) groups is 1. The van der Waals surface area contributed by atoms with Crippen LogP contribution in [0.25, 0.3) is 0 Å². The maximum Gasteiger partial charge on any atom is 0.184 e. The third-order valence-electron chi connectivity index (χ3n) is 1.57. The van der Waals surface area contributed by atoms with E-state index in [4.69, 9.17) is 11.5 Å². The van der Waals surface area contributed by atoms with E-state index in [-0.39, 0.29) is 15.6 Å². The lowest BCUT2D eigenvalue weighted by atomic mass is 10.3. The van der Waals surface area contributed by atoms with Gasteiger partial charge in [0.1, 0.15) is 5.75 Å². The van der Waals surface area contributed by atoms with E-state index in [0.29, 0.717) is 5.69 Å². The van der Waals surface area contributed by atoms with E-state index in [2.05, 4.69) is 12.2 Å². The van der Waals surface area contributed by atoms with Crippen molar-refractivity contribution in [3.05, 3.63) is 24.3 Å². The number of rotatable bonds is 3. The van der Waals surface area contributed by atoms with Crippen LogP contribution in [0.4, 0.5) is 5.69 Å². The average Bonchev–Trinajstić information content (AvgIpc) is 2.02. The highest BCUT2D eigenvalue weighted by molar-refractivity contribution is 7.94. The normalized spacial score (nSPS) is 11.1. The second-order valence-electron chi connectivity index (χ2n) is 2.79. The molecule has 0 aliphatic rings. The largest absolute Gasteiger partial charge is 0.399 e. The molecule has 14 heavy (non-hydrogen) atoms. The molecule has 0 aliphatic heterocycles. The van der Waals surface area contributed by atoms with Crippen LogP contribution in [0.3, 0.4) is 0 Å². The summed E-state index contributed by atoms with van der Waals surface area (Å²) in [6.07, 6.45) is 0. The van der Waals surface area contributed by atoms with E-state index >= 15 is 0 Å². The van der Waals surface area contributed by atoms with E-state index in [1.165, 1.54) is 24.3 Å². The van der Waals surface area contributed by atoms with Crippen LogP contribution >= 0.6 is 12.2 Å². The second-order valence-corrected chi connectivity index (χ2v) is 5.31. The van der Waals surface area contributed by atoms with E-state index in [9.17, 15) is 8.42 Å². The van der Waals surface area contributed by atoms with Crippen molar-refractivity contribution in [2.24, 2.45) is 5.73 Å². The quantitative estimate of drug-likeness (QED) is 0.577. The van der Waals surface area contributed by atoms with Crippen molar-refractivity contribution in [3.8, 4) is 0 Å². The van der Waals surface area contributed by atoms with Gasteiger partial charge in [-0.3, -0.25) is 0 Å². The Bertz CT molecular complexity index is 437. The summed E-state index contributed by atoms with van der Waals surface area (Å²) in [4.78, 5) is 0.140. The maximum absolute atomic E-state index is 11.5. The van der Waals surface area contributed by atoms with E-state index in [1.54, 1.807) is 0 Å². The molecule has 0 heterocycles. The first kappa shape index (κ1) is 10.9. The van der Waals surface area contributed by atoms with Crippen LogP contribution in [-0.4, -0.2) is 19.2 Å². The van der Waals surface area contributed by atoms with Gasteiger partial charge in [0.25, 0.3) is 0 Å². The Morgan fingerprint density at radius 1 is 1.29 bits per heavy atom. The van der Waals surface area contributed by atoms with Crippen LogP contribution < -0.4 is 11.5 Å². The lowest BCUT2D eigenvalue weighted by Crippen LogP contribution is -2.21. The second kappa shape index (κ2) is 3.93. The Hall–Kier alpha value is -1.14. The first-order valence-corrected chi connectivity index (χ1v) is 5.84. The summed E-state index contributed by atoms with van der Waals surface area (Å²) in [7, 11) is -3.40. The number of benzene rings is 1. The first-order valence-electron chi connectivity index (χ1n) is 3.78. The molecule has 4 N–H and O–H groups in total. The van der Waals surface area contributed by atoms with Crippen molar-refractivity contribution < 1.29 is 8.42 Å². The molecule has 0 radical (unpaired) electrons. The molecule has 0 aromatic heterocycles. The molecule has 0 unspecified atom stereocenters. The molecule has 1 aromatic carbocycles. The molecule has 0 fully saturated rings. The summed E-state index contributed by atoms with van der Waals surface area (Å²) >= 11 is 4.54. The van der Waals surface area contributed by atoms with Gasteiger partial charge in [0, 0.05) is 5.69 Å². The number of hydrogen-bond donors (Lipinski definition) is 2. The highest BCUT2D eigenvalue weighted by Gasteiger charge is 2.14. The summed E-state index contributed by atoms with van der Waals surface area (Å²) in [6, 6.07) is 5.91. The molecule has 0 spiro atoms. The smallest absolute Gasteiger partial charge is 0.184 e. The zero-order chi connectivity index (χ0) is 10.8. The molecular weight excluding hydrogens is 220 g/mol. The van der Waals surface area contributed by atoms with Gasteiger partial charge in [0.05, 0.1) is 9.88 Å². The van der Waals surface area contributed by atoms with Gasteiger partial charge in [-0.15, -0.1) is 0 Å². The molecule has 1 rings (SSSR count). The lowest BCUT2D eigenvalue weighted by molar-refractivity contribution is 0.600. The number of anilines is 1. The predicted octanol–water partition coefficient (Wildman–Crippen LogP) is 0.329. The van der Waals surface area contributed by atoms with Gasteiger partial charge in [-0.25, -0.2) is 8.42 Å². The molecular formula is C8H10N2O2S2. The highest BCUT2D eigenvalue weighted by atomic mass is 32.2. The summed E-state index contributed by atoms with van der Waals surface area (Å²) in [5, 5.41) is 0. The van der Waals surface area contributed by atoms with Crippen LogP contribution in [0.1, 0.15) is 0 Å². The molecule has 0 aliphatic carbocycles. The Morgan fingerprint density at radius 2 is 1.79 bits per heavy atom. The topological polar surface area (TPSA) is 86.2 Å². The third kappa shape index (κ3) is 2.68. The molecule has 6 heteroatoms. The Kier molecular flexibility index (Phi) is 3.07. The molecule has 0 saturated heterocycles. The molecule has 1 aromatic rings. The fourth-order valence-electron chi connectivity index (χ4n) is 0.946. The summed E-state index contributed by atoms with van der Waals surface area (Å²) in [5.41, 5.74) is 11.1. The molecule has 0 amide bonds. The van der Waals surface area contributed by atoms with E-state index in [0.717, 1.165) is 0 Å². The minimum absolute atomic E-state index is 0.0400. The molecule has 0 atom stereocenters. The van der Waals surface area contributed by atoms with Crippen molar-refractivity contribution in [1.82, 2.24) is 0 Å². The van der Waals surface area contributed by atoms with E-state index in [1.807, 2.05) is 0 Å². The van der Waals surface area contributed by atoms with Crippen LogP contribution in [0, 0.1) is 0 Å². The van der Waals surface area contributed by atoms with Gasteiger partial charge in [-0.05, 0) is 24.3 Å². The van der Waals surface area contributed by atoms with Crippen LogP contribution in [0.2, 0.25) is 0 Å². The summed E-state index contributed by atoms with van der Waals surface area (Å²) < 4.78 is 23.1. The average molecular weight is 230 g/mol. The van der Waals surface area contributed by atoms with Crippen molar-refractivity contribution in [2.75, 3.05) is 11.5 Å². The van der Waals surface area contributed by atoms with Crippen molar-refractivity contribution in [1.29, 1.82) is 0 Å². The summed E-state index contributed by atoms with van der Waals surface area (Å²) in [6.45, 7) is 0. The minimum Gasteiger partial charge on any atom is -0.399 e. The number of hydrogen-bond acceptors (Lipinski definition) is 4. The lowest BCUT2D eigenvalue weighted by Gasteiger charge is -2.02. The monoisotopic (exact) mass is 230 g/mol. The predicted molar refractivity (Wildman–Crippen MR) is 59.7 cm³/mol. The van der Waals surface area contributed by atoms with Crippen LogP contribution in [0.15, 0.2) is 29.2 Å². The maximum atomic E-state index is 11.5. The Balaban J connectivity index is 3.05. The Morgan fingerprint density at radius 3 is 2.21 bits per heavy atom. The van der Waals surface area contributed by atoms with Crippen molar-refractivity contribution >= 4 is 32.7 Å².